The summed E-state index contributed by atoms with van der Waals surface area (Å²) >= 11 is 1.40. The molecule has 0 fully saturated rings. The van der Waals surface area contributed by atoms with Crippen molar-refractivity contribution in [3.05, 3.63) is 35.2 Å². The van der Waals surface area contributed by atoms with Crippen LogP contribution in [-0.2, 0) is 7.05 Å². The van der Waals surface area contributed by atoms with Gasteiger partial charge in [0.05, 0.1) is 26.9 Å². The molecule has 1 amide bonds. The molecule has 5 rings (SSSR count). The summed E-state index contributed by atoms with van der Waals surface area (Å²) in [7, 11) is 1.82. The smallest absolute Gasteiger partial charge is 0.258 e. The summed E-state index contributed by atoms with van der Waals surface area (Å²) in [6.45, 7) is 4.79. The molecule has 0 atom stereocenters. The van der Waals surface area contributed by atoms with Crippen LogP contribution >= 0.6 is 11.3 Å². The first-order valence-corrected chi connectivity index (χ1v) is 9.64. The topological polar surface area (TPSA) is 91.2 Å². The van der Waals surface area contributed by atoms with Gasteiger partial charge in [0.2, 0.25) is 0 Å². The molecule has 1 aliphatic rings. The van der Waals surface area contributed by atoms with E-state index in [1.165, 1.54) is 11.3 Å². The normalized spacial score (nSPS) is 13.2. The minimum atomic E-state index is -0.233. The van der Waals surface area contributed by atoms with E-state index in [4.69, 9.17) is 9.47 Å². The van der Waals surface area contributed by atoms with Crippen LogP contribution in [0.5, 0.6) is 11.5 Å². The van der Waals surface area contributed by atoms with Gasteiger partial charge >= 0.3 is 0 Å². The van der Waals surface area contributed by atoms with Gasteiger partial charge in [-0.05, 0) is 19.9 Å². The number of carbonyl (C=O) groups is 1. The summed E-state index contributed by atoms with van der Waals surface area (Å²) in [5.41, 5.74) is 3.51. The molecule has 3 aromatic heterocycles. The second-order valence-corrected chi connectivity index (χ2v) is 7.69. The molecule has 4 aromatic rings. The van der Waals surface area contributed by atoms with E-state index in [-0.39, 0.29) is 5.91 Å². The van der Waals surface area contributed by atoms with E-state index in [0.29, 0.717) is 41.1 Å². The fraction of sp³-hybridized carbons (Fsp3) is 0.263. The van der Waals surface area contributed by atoms with Gasteiger partial charge in [-0.15, -0.1) is 0 Å². The third kappa shape index (κ3) is 2.66. The van der Waals surface area contributed by atoms with Crippen LogP contribution in [0.15, 0.2) is 18.2 Å². The van der Waals surface area contributed by atoms with Crippen molar-refractivity contribution in [2.45, 2.75) is 13.8 Å². The Balaban J connectivity index is 1.53. The Bertz CT molecular complexity index is 1220. The number of ether oxygens (including phenoxy) is 2. The summed E-state index contributed by atoms with van der Waals surface area (Å²) in [5, 5.41) is 8.58. The number of benzene rings is 1. The molecule has 4 heterocycles. The zero-order chi connectivity index (χ0) is 19.4. The number of pyridine rings is 1. The molecule has 8 nitrogen and oxygen atoms in total. The third-order valence-corrected chi connectivity index (χ3v) is 5.55. The summed E-state index contributed by atoms with van der Waals surface area (Å²) < 4.78 is 13.8. The highest BCUT2D eigenvalue weighted by molar-refractivity contribution is 7.22. The fourth-order valence-electron chi connectivity index (χ4n) is 3.43. The van der Waals surface area contributed by atoms with Gasteiger partial charge in [0.25, 0.3) is 5.91 Å². The monoisotopic (exact) mass is 395 g/mol. The Kier molecular flexibility index (Phi) is 3.73. The Hall–Kier alpha value is -3.20. The van der Waals surface area contributed by atoms with E-state index in [9.17, 15) is 4.79 Å². The summed E-state index contributed by atoms with van der Waals surface area (Å²) in [6.07, 6.45) is 0. The SMILES string of the molecule is Cc1cc(C(=O)Nc2nc3cc4c(cc3s2)OCCO4)c2c(C)nn(C)c2n1. The maximum Gasteiger partial charge on any atom is 0.258 e. The van der Waals surface area contributed by atoms with Gasteiger partial charge < -0.3 is 9.47 Å². The number of anilines is 1. The van der Waals surface area contributed by atoms with Gasteiger partial charge in [0.15, 0.2) is 22.3 Å². The Labute approximate surface area is 164 Å². The van der Waals surface area contributed by atoms with Crippen LogP contribution in [-0.4, -0.2) is 38.9 Å². The highest BCUT2D eigenvalue weighted by atomic mass is 32.1. The van der Waals surface area contributed by atoms with Crippen LogP contribution in [0, 0.1) is 13.8 Å². The average Bonchev–Trinajstić information content (AvgIpc) is 3.18. The number of hydrogen-bond donors (Lipinski definition) is 1. The lowest BCUT2D eigenvalue weighted by molar-refractivity contribution is 0.102. The van der Waals surface area contributed by atoms with E-state index in [0.717, 1.165) is 27.0 Å². The van der Waals surface area contributed by atoms with Gasteiger partial charge in [-0.1, -0.05) is 11.3 Å². The zero-order valence-electron chi connectivity index (χ0n) is 15.6. The maximum absolute atomic E-state index is 13.0. The molecule has 0 spiro atoms. The zero-order valence-corrected chi connectivity index (χ0v) is 16.4. The summed E-state index contributed by atoms with van der Waals surface area (Å²) in [4.78, 5) is 22.1. The molecular weight excluding hydrogens is 378 g/mol. The minimum absolute atomic E-state index is 0.233. The third-order valence-electron chi connectivity index (χ3n) is 4.61. The van der Waals surface area contributed by atoms with Crippen molar-refractivity contribution in [2.24, 2.45) is 7.05 Å². The van der Waals surface area contributed by atoms with Crippen molar-refractivity contribution in [1.82, 2.24) is 19.7 Å². The van der Waals surface area contributed by atoms with Crippen molar-refractivity contribution in [2.75, 3.05) is 18.5 Å². The largest absolute Gasteiger partial charge is 0.486 e. The number of nitrogens with zero attached hydrogens (tertiary/aromatic N) is 4. The number of carbonyl (C=O) groups excluding carboxylic acids is 1. The molecule has 1 aromatic carbocycles. The van der Waals surface area contributed by atoms with Gasteiger partial charge in [-0.2, -0.15) is 5.10 Å². The first-order valence-electron chi connectivity index (χ1n) is 8.82. The summed E-state index contributed by atoms with van der Waals surface area (Å²) in [5.74, 6) is 1.15. The van der Waals surface area contributed by atoms with Gasteiger partial charge in [0, 0.05) is 24.9 Å². The van der Waals surface area contributed by atoms with Crippen molar-refractivity contribution in [1.29, 1.82) is 0 Å². The van der Waals surface area contributed by atoms with Crippen LogP contribution in [0.1, 0.15) is 21.7 Å². The second-order valence-electron chi connectivity index (χ2n) is 6.66. The van der Waals surface area contributed by atoms with Crippen molar-refractivity contribution in [3.8, 4) is 11.5 Å². The highest BCUT2D eigenvalue weighted by Gasteiger charge is 2.20. The molecule has 1 N–H and O–H groups in total. The Morgan fingerprint density at radius 2 is 1.89 bits per heavy atom. The number of aryl methyl sites for hydroxylation is 3. The van der Waals surface area contributed by atoms with Crippen molar-refractivity contribution >= 4 is 43.6 Å². The molecule has 0 aliphatic carbocycles. The molecule has 0 saturated carbocycles. The molecule has 1 aliphatic heterocycles. The first kappa shape index (κ1) is 16.9. The van der Waals surface area contributed by atoms with E-state index in [2.05, 4.69) is 20.4 Å². The maximum atomic E-state index is 13.0. The number of aromatic nitrogens is 4. The van der Waals surface area contributed by atoms with E-state index < -0.39 is 0 Å². The van der Waals surface area contributed by atoms with Crippen LogP contribution in [0.25, 0.3) is 21.3 Å². The quantitative estimate of drug-likeness (QED) is 0.560. The number of amides is 1. The van der Waals surface area contributed by atoms with Crippen LogP contribution in [0.4, 0.5) is 5.13 Å². The lowest BCUT2D eigenvalue weighted by Crippen LogP contribution is -2.15. The molecule has 0 saturated heterocycles. The highest BCUT2D eigenvalue weighted by Crippen LogP contribution is 2.38. The van der Waals surface area contributed by atoms with Gasteiger partial charge in [-0.3, -0.25) is 14.8 Å². The molecule has 0 radical (unpaired) electrons. The van der Waals surface area contributed by atoms with Crippen molar-refractivity contribution < 1.29 is 14.3 Å². The lowest BCUT2D eigenvalue weighted by atomic mass is 10.1. The predicted molar refractivity (Wildman–Crippen MR) is 107 cm³/mol. The Morgan fingerprint density at radius 1 is 1.14 bits per heavy atom. The van der Waals surface area contributed by atoms with Gasteiger partial charge in [-0.25, -0.2) is 9.97 Å². The number of thiazole rings is 1. The predicted octanol–water partition coefficient (Wildman–Crippen LogP) is 3.22. The standard InChI is InChI=1S/C19H17N5O3S/c1-9-6-11(16-10(2)23-24(3)17(16)20-9)18(25)22-19-21-12-7-13-14(8-15(12)28-19)27-5-4-26-13/h6-8H,4-5H2,1-3H3,(H,21,22,25). The van der Waals surface area contributed by atoms with E-state index in [1.54, 1.807) is 10.7 Å². The lowest BCUT2D eigenvalue weighted by Gasteiger charge is -2.17. The molecule has 28 heavy (non-hydrogen) atoms. The number of nitrogens with one attached hydrogen (secondary N) is 1. The summed E-state index contributed by atoms with van der Waals surface area (Å²) in [6, 6.07) is 5.52. The number of fused-ring (bicyclic) bond motifs is 3. The van der Waals surface area contributed by atoms with Crippen LogP contribution in [0.2, 0.25) is 0 Å². The average molecular weight is 395 g/mol. The van der Waals surface area contributed by atoms with Crippen molar-refractivity contribution in [3.63, 3.8) is 0 Å². The number of hydrogen-bond acceptors (Lipinski definition) is 7. The number of rotatable bonds is 2. The molecule has 0 bridgehead atoms. The molecule has 9 heteroatoms. The second kappa shape index (κ2) is 6.16. The molecule has 142 valence electrons. The fourth-order valence-corrected chi connectivity index (χ4v) is 4.30. The first-order chi connectivity index (χ1) is 13.5. The van der Waals surface area contributed by atoms with Crippen LogP contribution in [0.3, 0.4) is 0 Å². The van der Waals surface area contributed by atoms with Crippen LogP contribution < -0.4 is 14.8 Å². The van der Waals surface area contributed by atoms with E-state index in [1.807, 2.05) is 33.0 Å². The van der Waals surface area contributed by atoms with Gasteiger partial charge in [0.1, 0.15) is 13.2 Å². The van der Waals surface area contributed by atoms with E-state index >= 15 is 0 Å². The minimum Gasteiger partial charge on any atom is -0.486 e. The molecule has 0 unspecified atom stereocenters. The molecular formula is C19H17N5O3S. The Morgan fingerprint density at radius 3 is 2.68 bits per heavy atom.